The van der Waals surface area contributed by atoms with Gasteiger partial charge in [0.15, 0.2) is 22.8 Å². The van der Waals surface area contributed by atoms with Crippen LogP contribution >= 0.6 is 0 Å². The van der Waals surface area contributed by atoms with E-state index in [1.165, 1.54) is 0 Å². The van der Waals surface area contributed by atoms with Crippen LogP contribution < -0.4 is 19.8 Å². The van der Waals surface area contributed by atoms with Gasteiger partial charge in [0.1, 0.15) is 5.56 Å². The summed E-state index contributed by atoms with van der Waals surface area (Å²) in [5, 5.41) is 4.49. The molecule has 3 heterocycles. The number of hydrogen-bond acceptors (Lipinski definition) is 9. The molecule has 30 heavy (non-hydrogen) atoms. The number of rotatable bonds is 4. The van der Waals surface area contributed by atoms with Gasteiger partial charge < -0.3 is 23.2 Å². The van der Waals surface area contributed by atoms with E-state index in [2.05, 4.69) is 10.1 Å². The highest BCUT2D eigenvalue weighted by Gasteiger charge is 2.20. The number of fused-ring (bicyclic) bond motifs is 2. The van der Waals surface area contributed by atoms with Crippen molar-refractivity contribution in [1.29, 1.82) is 0 Å². The number of esters is 1. The molecule has 5 rings (SSSR count). The minimum atomic E-state index is -0.691. The van der Waals surface area contributed by atoms with E-state index >= 15 is 0 Å². The summed E-state index contributed by atoms with van der Waals surface area (Å²) in [4.78, 5) is 28.5. The van der Waals surface area contributed by atoms with Gasteiger partial charge in [-0.3, -0.25) is 4.79 Å². The van der Waals surface area contributed by atoms with Gasteiger partial charge in [-0.05, 0) is 30.3 Å². The molecule has 0 atom stereocenters. The van der Waals surface area contributed by atoms with E-state index in [1.54, 1.807) is 49.4 Å². The summed E-state index contributed by atoms with van der Waals surface area (Å²) in [5.74, 6) is 1.26. The molecule has 0 saturated carbocycles. The second-order valence-electron chi connectivity index (χ2n) is 6.44. The topological polar surface area (TPSA) is 114 Å². The first kappa shape index (κ1) is 17.9. The van der Waals surface area contributed by atoms with Crippen molar-refractivity contribution in [2.75, 3.05) is 6.79 Å². The number of carbonyl (C=O) groups is 1. The average Bonchev–Trinajstić information content (AvgIpc) is 3.42. The molecule has 0 amide bonds. The number of aromatic nitrogens is 2. The van der Waals surface area contributed by atoms with Gasteiger partial charge in [-0.2, -0.15) is 4.98 Å². The van der Waals surface area contributed by atoms with Crippen LogP contribution in [0.1, 0.15) is 13.3 Å². The molecule has 9 nitrogen and oxygen atoms in total. The van der Waals surface area contributed by atoms with Gasteiger partial charge in [0.05, 0.1) is 0 Å². The van der Waals surface area contributed by atoms with Gasteiger partial charge in [-0.25, -0.2) is 4.79 Å². The van der Waals surface area contributed by atoms with E-state index in [-0.39, 0.29) is 41.8 Å². The highest BCUT2D eigenvalue weighted by molar-refractivity contribution is 5.87. The Balaban J connectivity index is 1.53. The maximum atomic E-state index is 12.6. The molecule has 4 aromatic rings. The zero-order chi connectivity index (χ0) is 20.7. The van der Waals surface area contributed by atoms with E-state index < -0.39 is 11.6 Å². The third kappa shape index (κ3) is 3.06. The highest BCUT2D eigenvalue weighted by atomic mass is 16.7. The number of carbonyl (C=O) groups excluding carboxylic acids is 1. The lowest BCUT2D eigenvalue weighted by molar-refractivity contribution is -0.133. The molecule has 9 heteroatoms. The first-order chi connectivity index (χ1) is 14.6. The minimum absolute atomic E-state index is 0.00859. The molecule has 2 aromatic carbocycles. The number of hydrogen-bond donors (Lipinski definition) is 0. The first-order valence-electron chi connectivity index (χ1n) is 9.14. The lowest BCUT2D eigenvalue weighted by atomic mass is 10.1. The summed E-state index contributed by atoms with van der Waals surface area (Å²) < 4.78 is 26.6. The lowest BCUT2D eigenvalue weighted by Crippen LogP contribution is -2.08. The van der Waals surface area contributed by atoms with Gasteiger partial charge in [0, 0.05) is 17.4 Å². The van der Waals surface area contributed by atoms with Crippen LogP contribution in [0.15, 0.2) is 56.2 Å². The molecule has 0 aliphatic carbocycles. The van der Waals surface area contributed by atoms with Gasteiger partial charge in [-0.15, -0.1) is 0 Å². The molecule has 0 bridgehead atoms. The second kappa shape index (κ2) is 7.03. The highest BCUT2D eigenvalue weighted by Crippen LogP contribution is 2.35. The van der Waals surface area contributed by atoms with Crippen molar-refractivity contribution in [3.05, 3.63) is 52.9 Å². The predicted octanol–water partition coefficient (Wildman–Crippen LogP) is 3.55. The molecule has 0 N–H and O–H groups in total. The van der Waals surface area contributed by atoms with Crippen molar-refractivity contribution in [1.82, 2.24) is 10.1 Å². The van der Waals surface area contributed by atoms with Crippen LogP contribution in [0.25, 0.3) is 33.8 Å². The van der Waals surface area contributed by atoms with Crippen LogP contribution in [-0.4, -0.2) is 22.9 Å². The maximum Gasteiger partial charge on any atom is 0.349 e. The summed E-state index contributed by atoms with van der Waals surface area (Å²) in [6.07, 6.45) is 0.198. The van der Waals surface area contributed by atoms with Crippen molar-refractivity contribution in [2.24, 2.45) is 0 Å². The molecule has 1 aliphatic rings. The molecule has 0 unspecified atom stereocenters. The molecular formula is C21H14N2O7. The molecule has 0 spiro atoms. The molecule has 2 aromatic heterocycles. The quantitative estimate of drug-likeness (QED) is 0.285. The lowest BCUT2D eigenvalue weighted by Gasteiger charge is -2.05. The van der Waals surface area contributed by atoms with Gasteiger partial charge in [-0.1, -0.05) is 24.2 Å². The average molecular weight is 406 g/mol. The molecule has 150 valence electrons. The Morgan fingerprint density at radius 3 is 2.87 bits per heavy atom. The van der Waals surface area contributed by atoms with Crippen LogP contribution in [0.2, 0.25) is 0 Å². The Bertz CT molecular complexity index is 1340. The van der Waals surface area contributed by atoms with E-state index in [1.807, 2.05) is 0 Å². The van der Waals surface area contributed by atoms with Crippen molar-refractivity contribution in [3.8, 4) is 40.1 Å². The maximum absolute atomic E-state index is 12.6. The van der Waals surface area contributed by atoms with Crippen molar-refractivity contribution >= 4 is 16.9 Å². The summed E-state index contributed by atoms with van der Waals surface area (Å²) in [6, 6.07) is 11.8. The van der Waals surface area contributed by atoms with E-state index in [9.17, 15) is 9.59 Å². The van der Waals surface area contributed by atoms with Crippen molar-refractivity contribution in [2.45, 2.75) is 13.3 Å². The van der Waals surface area contributed by atoms with E-state index in [0.29, 0.717) is 22.4 Å². The SMILES string of the molecule is CCC(=O)Oc1cccc2cc(-c3nc(-c4ccc5c(c4)OCO5)no3)c(=O)oc12. The smallest absolute Gasteiger partial charge is 0.349 e. The zero-order valence-electron chi connectivity index (χ0n) is 15.7. The van der Waals surface area contributed by atoms with Gasteiger partial charge in [0.2, 0.25) is 12.6 Å². The zero-order valence-corrected chi connectivity index (χ0v) is 15.7. The second-order valence-corrected chi connectivity index (χ2v) is 6.44. The molecule has 0 fully saturated rings. The molecule has 1 aliphatic heterocycles. The standard InChI is InChI=1S/C21H14N2O7/c1-2-17(24)28-15-5-3-4-11-8-13(21(25)29-18(11)15)20-22-19(23-30-20)12-6-7-14-16(9-12)27-10-26-14/h3-9H,2,10H2,1H3. The van der Waals surface area contributed by atoms with Crippen LogP contribution in [0.5, 0.6) is 17.2 Å². The summed E-state index contributed by atoms with van der Waals surface area (Å²) >= 11 is 0. The minimum Gasteiger partial charge on any atom is -0.454 e. The van der Waals surface area contributed by atoms with Crippen LogP contribution in [0, 0.1) is 0 Å². The monoisotopic (exact) mass is 406 g/mol. The predicted molar refractivity (Wildman–Crippen MR) is 103 cm³/mol. The number of nitrogens with zero attached hydrogens (tertiary/aromatic N) is 2. The molecule has 0 saturated heterocycles. The van der Waals surface area contributed by atoms with Crippen molar-refractivity contribution in [3.63, 3.8) is 0 Å². The third-order valence-electron chi connectivity index (χ3n) is 4.52. The van der Waals surface area contributed by atoms with Crippen LogP contribution in [0.3, 0.4) is 0 Å². The molecule has 0 radical (unpaired) electrons. The van der Waals surface area contributed by atoms with Gasteiger partial charge >= 0.3 is 11.6 Å². The summed E-state index contributed by atoms with van der Waals surface area (Å²) in [6.45, 7) is 1.83. The summed E-state index contributed by atoms with van der Waals surface area (Å²) in [7, 11) is 0. The Kier molecular flexibility index (Phi) is 4.20. The van der Waals surface area contributed by atoms with Crippen LogP contribution in [-0.2, 0) is 4.79 Å². The Morgan fingerprint density at radius 1 is 1.13 bits per heavy atom. The van der Waals surface area contributed by atoms with Gasteiger partial charge in [0.25, 0.3) is 5.89 Å². The Labute approximate surface area is 168 Å². The largest absolute Gasteiger partial charge is 0.454 e. The molecular weight excluding hydrogens is 392 g/mol. The van der Waals surface area contributed by atoms with Crippen LogP contribution in [0.4, 0.5) is 0 Å². The summed E-state index contributed by atoms with van der Waals surface area (Å²) in [5.41, 5.74) is 0.223. The fourth-order valence-electron chi connectivity index (χ4n) is 3.03. The Morgan fingerprint density at radius 2 is 2.00 bits per heavy atom. The van der Waals surface area contributed by atoms with E-state index in [0.717, 1.165) is 0 Å². The number of para-hydroxylation sites is 1. The number of benzene rings is 2. The number of ether oxygens (including phenoxy) is 3. The normalized spacial score (nSPS) is 12.3. The first-order valence-corrected chi connectivity index (χ1v) is 9.14. The van der Waals surface area contributed by atoms with E-state index in [4.69, 9.17) is 23.2 Å². The third-order valence-corrected chi connectivity index (χ3v) is 4.52. The fraction of sp³-hybridized carbons (Fsp3) is 0.143. The Hall–Kier alpha value is -4.14. The van der Waals surface area contributed by atoms with Crippen molar-refractivity contribution < 1.29 is 27.9 Å². The fourth-order valence-corrected chi connectivity index (χ4v) is 3.03.